The molecule has 1 aromatic carbocycles. The molecule has 27 heavy (non-hydrogen) atoms. The molecule has 2 unspecified atom stereocenters. The van der Waals surface area contributed by atoms with E-state index in [1.807, 2.05) is 13.8 Å². The zero-order chi connectivity index (χ0) is 20.8. The third-order valence-corrected chi connectivity index (χ3v) is 4.11. The lowest BCUT2D eigenvalue weighted by Crippen LogP contribution is -2.50. The molecule has 1 rings (SSSR count). The van der Waals surface area contributed by atoms with Crippen LogP contribution in [0, 0.1) is 5.92 Å². The number of hydrogen-bond donors (Lipinski definition) is 3. The molecule has 0 aliphatic rings. The number of carbonyl (C=O) groups excluding carboxylic acids is 2. The Hall–Kier alpha value is -1.50. The number of hydrogen-bond acceptors (Lipinski definition) is 4. The Kier molecular flexibility index (Phi) is 8.85. The highest BCUT2D eigenvalue weighted by Gasteiger charge is 2.27. The van der Waals surface area contributed by atoms with Gasteiger partial charge in [0.05, 0.1) is 12.6 Å². The smallest absolute Gasteiger partial charge is 0.408 e. The van der Waals surface area contributed by atoms with Crippen LogP contribution in [-0.4, -0.2) is 35.4 Å². The summed E-state index contributed by atoms with van der Waals surface area (Å²) in [6, 6.07) is 3.28. The standard InChI is InChI=1S/C19H28Cl2N2O4/c1-11(2)8-15(23-18(26)27-19(3,4)5)17(25)22-16(10-24)13-7-6-12(20)9-14(13)21/h6-7,9,11,15-16,24H,8,10H2,1-5H3,(H,22,25)(H,23,26). The normalized spacial score (nSPS) is 13.8. The van der Waals surface area contributed by atoms with Crippen molar-refractivity contribution in [2.24, 2.45) is 5.92 Å². The molecule has 0 aromatic heterocycles. The second-order valence-electron chi connectivity index (χ2n) is 7.74. The fourth-order valence-corrected chi connectivity index (χ4v) is 2.97. The van der Waals surface area contributed by atoms with Crippen molar-refractivity contribution in [3.05, 3.63) is 33.8 Å². The molecule has 0 saturated heterocycles. The number of alkyl carbamates (subject to hydrolysis) is 1. The maximum Gasteiger partial charge on any atom is 0.408 e. The molecule has 152 valence electrons. The highest BCUT2D eigenvalue weighted by atomic mass is 35.5. The van der Waals surface area contributed by atoms with Gasteiger partial charge in [0.2, 0.25) is 5.91 Å². The number of benzene rings is 1. The van der Waals surface area contributed by atoms with E-state index >= 15 is 0 Å². The van der Waals surface area contributed by atoms with Crippen LogP contribution in [0.4, 0.5) is 4.79 Å². The van der Waals surface area contributed by atoms with Gasteiger partial charge in [-0.1, -0.05) is 43.1 Å². The van der Waals surface area contributed by atoms with E-state index in [2.05, 4.69) is 10.6 Å². The van der Waals surface area contributed by atoms with Crippen LogP contribution in [0.15, 0.2) is 18.2 Å². The first-order valence-corrected chi connectivity index (χ1v) is 9.54. The fraction of sp³-hybridized carbons (Fsp3) is 0.579. The van der Waals surface area contributed by atoms with Crippen molar-refractivity contribution in [1.82, 2.24) is 10.6 Å². The van der Waals surface area contributed by atoms with Crippen LogP contribution in [-0.2, 0) is 9.53 Å². The van der Waals surface area contributed by atoms with E-state index < -0.39 is 29.7 Å². The zero-order valence-corrected chi connectivity index (χ0v) is 17.8. The number of halogens is 2. The number of carbonyl (C=O) groups is 2. The molecule has 2 amide bonds. The monoisotopic (exact) mass is 418 g/mol. The molecule has 0 radical (unpaired) electrons. The van der Waals surface area contributed by atoms with Crippen molar-refractivity contribution < 1.29 is 19.4 Å². The molecule has 0 bridgehead atoms. The Morgan fingerprint density at radius 2 is 1.81 bits per heavy atom. The van der Waals surface area contributed by atoms with Gasteiger partial charge >= 0.3 is 6.09 Å². The number of aliphatic hydroxyl groups excluding tert-OH is 1. The van der Waals surface area contributed by atoms with Crippen LogP contribution in [0.5, 0.6) is 0 Å². The second-order valence-corrected chi connectivity index (χ2v) is 8.58. The average molecular weight is 419 g/mol. The first-order valence-electron chi connectivity index (χ1n) is 8.78. The molecule has 0 aliphatic carbocycles. The van der Waals surface area contributed by atoms with Crippen LogP contribution >= 0.6 is 23.2 Å². The molecule has 0 fully saturated rings. The number of ether oxygens (including phenoxy) is 1. The highest BCUT2D eigenvalue weighted by molar-refractivity contribution is 6.35. The molecular weight excluding hydrogens is 391 g/mol. The van der Waals surface area contributed by atoms with Crippen LogP contribution in [0.2, 0.25) is 10.0 Å². The Morgan fingerprint density at radius 3 is 2.30 bits per heavy atom. The van der Waals surface area contributed by atoms with Gasteiger partial charge < -0.3 is 20.5 Å². The summed E-state index contributed by atoms with van der Waals surface area (Å²) in [4.78, 5) is 24.8. The van der Waals surface area contributed by atoms with Gasteiger partial charge in [0.1, 0.15) is 11.6 Å². The maximum absolute atomic E-state index is 12.7. The molecule has 2 atom stereocenters. The zero-order valence-electron chi connectivity index (χ0n) is 16.3. The van der Waals surface area contributed by atoms with E-state index in [0.717, 1.165) is 0 Å². The second kappa shape index (κ2) is 10.2. The molecule has 0 heterocycles. The van der Waals surface area contributed by atoms with Crippen molar-refractivity contribution in [1.29, 1.82) is 0 Å². The lowest BCUT2D eigenvalue weighted by atomic mass is 10.0. The molecular formula is C19H28Cl2N2O4. The average Bonchev–Trinajstić information content (AvgIpc) is 2.50. The van der Waals surface area contributed by atoms with E-state index in [9.17, 15) is 14.7 Å². The Morgan fingerprint density at radius 1 is 1.19 bits per heavy atom. The third-order valence-electron chi connectivity index (χ3n) is 3.55. The number of nitrogens with one attached hydrogen (secondary N) is 2. The lowest BCUT2D eigenvalue weighted by Gasteiger charge is -2.26. The van der Waals surface area contributed by atoms with E-state index in [4.69, 9.17) is 27.9 Å². The summed E-state index contributed by atoms with van der Waals surface area (Å²) in [5, 5.41) is 15.8. The summed E-state index contributed by atoms with van der Waals surface area (Å²) in [5.74, 6) is -0.276. The third kappa shape index (κ3) is 8.37. The summed E-state index contributed by atoms with van der Waals surface area (Å²) in [6.45, 7) is 8.76. The number of aliphatic hydroxyl groups is 1. The highest BCUT2D eigenvalue weighted by Crippen LogP contribution is 2.26. The van der Waals surface area contributed by atoms with Crippen LogP contribution in [0.25, 0.3) is 0 Å². The molecule has 0 aliphatic heterocycles. The van der Waals surface area contributed by atoms with E-state index in [1.165, 1.54) is 6.07 Å². The van der Waals surface area contributed by atoms with Crippen molar-refractivity contribution in [3.8, 4) is 0 Å². The van der Waals surface area contributed by atoms with Gasteiger partial charge in [0.25, 0.3) is 0 Å². The molecule has 8 heteroatoms. The predicted octanol–water partition coefficient (Wildman–Crippen LogP) is 4.08. The Bertz CT molecular complexity index is 660. The summed E-state index contributed by atoms with van der Waals surface area (Å²) in [5.41, 5.74) is -0.134. The summed E-state index contributed by atoms with van der Waals surface area (Å²) >= 11 is 12.1. The lowest BCUT2D eigenvalue weighted by molar-refractivity contribution is -0.124. The van der Waals surface area contributed by atoms with Gasteiger partial charge in [-0.15, -0.1) is 0 Å². The minimum Gasteiger partial charge on any atom is -0.444 e. The van der Waals surface area contributed by atoms with Crippen LogP contribution in [0.3, 0.4) is 0 Å². The van der Waals surface area contributed by atoms with Gasteiger partial charge in [-0.25, -0.2) is 4.79 Å². The summed E-state index contributed by atoms with van der Waals surface area (Å²) < 4.78 is 5.23. The topological polar surface area (TPSA) is 87.7 Å². The molecule has 1 aromatic rings. The van der Waals surface area contributed by atoms with E-state index in [0.29, 0.717) is 22.0 Å². The minimum absolute atomic E-state index is 0.155. The number of amides is 2. The van der Waals surface area contributed by atoms with Crippen molar-refractivity contribution in [2.75, 3.05) is 6.61 Å². The molecule has 0 spiro atoms. The van der Waals surface area contributed by atoms with Crippen LogP contribution in [0.1, 0.15) is 52.6 Å². The summed E-state index contributed by atoms with van der Waals surface area (Å²) in [6.07, 6.45) is -0.259. The molecule has 0 saturated carbocycles. The molecule has 3 N–H and O–H groups in total. The van der Waals surface area contributed by atoms with Gasteiger partial charge in [-0.05, 0) is 50.8 Å². The summed E-state index contributed by atoms with van der Waals surface area (Å²) in [7, 11) is 0. The van der Waals surface area contributed by atoms with Gasteiger partial charge in [-0.2, -0.15) is 0 Å². The first-order chi connectivity index (χ1) is 12.4. The van der Waals surface area contributed by atoms with Gasteiger partial charge in [0.15, 0.2) is 0 Å². The number of rotatable bonds is 7. The Labute approximate surface area is 170 Å². The van der Waals surface area contributed by atoms with Crippen LogP contribution < -0.4 is 10.6 Å². The maximum atomic E-state index is 12.7. The van der Waals surface area contributed by atoms with Gasteiger partial charge in [-0.3, -0.25) is 4.79 Å². The first kappa shape index (κ1) is 23.5. The quantitative estimate of drug-likeness (QED) is 0.622. The Balaban J connectivity index is 2.91. The van der Waals surface area contributed by atoms with Crippen molar-refractivity contribution in [3.63, 3.8) is 0 Å². The van der Waals surface area contributed by atoms with E-state index in [-0.39, 0.29) is 12.5 Å². The van der Waals surface area contributed by atoms with Gasteiger partial charge in [0, 0.05) is 10.0 Å². The minimum atomic E-state index is -0.806. The fourth-order valence-electron chi connectivity index (χ4n) is 2.43. The largest absolute Gasteiger partial charge is 0.444 e. The van der Waals surface area contributed by atoms with E-state index in [1.54, 1.807) is 32.9 Å². The SMILES string of the molecule is CC(C)CC(NC(=O)OC(C)(C)C)C(=O)NC(CO)c1ccc(Cl)cc1Cl. The predicted molar refractivity (Wildman–Crippen MR) is 107 cm³/mol. The van der Waals surface area contributed by atoms with Crippen molar-refractivity contribution >= 4 is 35.2 Å². The van der Waals surface area contributed by atoms with Crippen molar-refractivity contribution in [2.45, 2.75) is 58.7 Å². The molecule has 6 nitrogen and oxygen atoms in total.